The Bertz CT molecular complexity index is 129. The summed E-state index contributed by atoms with van der Waals surface area (Å²) in [6.45, 7) is 11.0. The molecule has 0 radical (unpaired) electrons. The maximum absolute atomic E-state index is 5.06. The molecule has 86 valence electrons. The van der Waals surface area contributed by atoms with E-state index in [-0.39, 0.29) is 5.54 Å². The van der Waals surface area contributed by atoms with Crippen LogP contribution >= 0.6 is 0 Å². The predicted octanol–water partition coefficient (Wildman–Crippen LogP) is 2.83. The Morgan fingerprint density at radius 2 is 1.86 bits per heavy atom. The summed E-state index contributed by atoms with van der Waals surface area (Å²) in [5.74, 6) is 0.789. The van der Waals surface area contributed by atoms with Gasteiger partial charge in [-0.05, 0) is 52.5 Å². The second-order valence-electron chi connectivity index (χ2n) is 5.21. The van der Waals surface area contributed by atoms with E-state index in [0.717, 1.165) is 19.1 Å². The smallest absolute Gasteiger partial charge is 0.0464 e. The molecular weight excluding hydrogens is 174 g/mol. The minimum Gasteiger partial charge on any atom is -0.385 e. The van der Waals surface area contributed by atoms with Crippen LogP contribution in [-0.4, -0.2) is 25.8 Å². The lowest BCUT2D eigenvalue weighted by Gasteiger charge is -2.21. The van der Waals surface area contributed by atoms with Crippen molar-refractivity contribution in [1.29, 1.82) is 0 Å². The average Bonchev–Trinajstić information content (AvgIpc) is 2.07. The van der Waals surface area contributed by atoms with Gasteiger partial charge in [-0.2, -0.15) is 0 Å². The lowest BCUT2D eigenvalue weighted by molar-refractivity contribution is 0.177. The summed E-state index contributed by atoms with van der Waals surface area (Å²) in [6.07, 6.45) is 3.75. The fourth-order valence-electron chi connectivity index (χ4n) is 1.38. The summed E-state index contributed by atoms with van der Waals surface area (Å²) in [6, 6.07) is 0. The largest absolute Gasteiger partial charge is 0.385 e. The molecule has 2 nitrogen and oxygen atoms in total. The molecular formula is C12H27NO. The van der Waals surface area contributed by atoms with E-state index < -0.39 is 0 Å². The van der Waals surface area contributed by atoms with Gasteiger partial charge in [-0.15, -0.1) is 0 Å². The van der Waals surface area contributed by atoms with Gasteiger partial charge in [-0.3, -0.25) is 0 Å². The van der Waals surface area contributed by atoms with Gasteiger partial charge >= 0.3 is 0 Å². The number of hydrogen-bond donors (Lipinski definition) is 1. The molecule has 1 unspecified atom stereocenters. The lowest BCUT2D eigenvalue weighted by atomic mass is 10.0. The quantitative estimate of drug-likeness (QED) is 0.640. The Kier molecular flexibility index (Phi) is 7.20. The van der Waals surface area contributed by atoms with Crippen LogP contribution in [0.2, 0.25) is 0 Å². The summed E-state index contributed by atoms with van der Waals surface area (Å²) >= 11 is 0. The van der Waals surface area contributed by atoms with Gasteiger partial charge in [0.1, 0.15) is 0 Å². The molecule has 0 amide bonds. The van der Waals surface area contributed by atoms with E-state index in [1.807, 2.05) is 0 Å². The summed E-state index contributed by atoms with van der Waals surface area (Å²) in [5.41, 5.74) is 0.260. The molecule has 0 aliphatic rings. The van der Waals surface area contributed by atoms with Crippen LogP contribution in [0, 0.1) is 5.92 Å². The molecule has 0 aliphatic carbocycles. The highest BCUT2D eigenvalue weighted by Gasteiger charge is 2.08. The first-order valence-corrected chi connectivity index (χ1v) is 5.69. The summed E-state index contributed by atoms with van der Waals surface area (Å²) in [7, 11) is 1.77. The maximum atomic E-state index is 5.06. The van der Waals surface area contributed by atoms with E-state index in [4.69, 9.17) is 4.74 Å². The molecule has 0 spiro atoms. The summed E-state index contributed by atoms with van der Waals surface area (Å²) in [4.78, 5) is 0. The van der Waals surface area contributed by atoms with Gasteiger partial charge < -0.3 is 10.1 Å². The monoisotopic (exact) mass is 201 g/mol. The molecule has 0 aromatic heterocycles. The number of rotatable bonds is 7. The molecule has 0 fully saturated rings. The molecule has 0 rings (SSSR count). The van der Waals surface area contributed by atoms with Gasteiger partial charge in [-0.25, -0.2) is 0 Å². The highest BCUT2D eigenvalue weighted by molar-refractivity contribution is 4.69. The average molecular weight is 201 g/mol. The predicted molar refractivity (Wildman–Crippen MR) is 62.6 cm³/mol. The lowest BCUT2D eigenvalue weighted by Crippen LogP contribution is -2.36. The highest BCUT2D eigenvalue weighted by Crippen LogP contribution is 2.10. The van der Waals surface area contributed by atoms with Crippen LogP contribution in [0.4, 0.5) is 0 Å². The van der Waals surface area contributed by atoms with Gasteiger partial charge in [0.05, 0.1) is 0 Å². The third-order valence-corrected chi connectivity index (χ3v) is 2.34. The first-order valence-electron chi connectivity index (χ1n) is 5.69. The Morgan fingerprint density at radius 3 is 2.36 bits per heavy atom. The Morgan fingerprint density at radius 1 is 1.21 bits per heavy atom. The Balaban J connectivity index is 3.27. The minimum absolute atomic E-state index is 0.260. The molecule has 0 heterocycles. The van der Waals surface area contributed by atoms with Gasteiger partial charge in [0, 0.05) is 19.3 Å². The summed E-state index contributed by atoms with van der Waals surface area (Å²) < 4.78 is 5.06. The van der Waals surface area contributed by atoms with Gasteiger partial charge in [-0.1, -0.05) is 6.92 Å². The minimum atomic E-state index is 0.260. The van der Waals surface area contributed by atoms with E-state index in [1.54, 1.807) is 7.11 Å². The first-order chi connectivity index (χ1) is 6.45. The molecule has 14 heavy (non-hydrogen) atoms. The molecule has 0 aromatic carbocycles. The third kappa shape index (κ3) is 10.0. The van der Waals surface area contributed by atoms with E-state index in [9.17, 15) is 0 Å². The number of ether oxygens (including phenoxy) is 1. The highest BCUT2D eigenvalue weighted by atomic mass is 16.5. The SMILES string of the molecule is COCCC(C)CCCNC(C)(C)C. The fraction of sp³-hybridized carbons (Fsp3) is 1.00. The van der Waals surface area contributed by atoms with Crippen LogP contribution in [-0.2, 0) is 4.74 Å². The zero-order valence-corrected chi connectivity index (χ0v) is 10.5. The molecule has 1 atom stereocenters. The van der Waals surface area contributed by atoms with Crippen LogP contribution in [0.1, 0.15) is 47.0 Å². The zero-order chi connectivity index (χ0) is 11.0. The number of methoxy groups -OCH3 is 1. The Hall–Kier alpha value is -0.0800. The fourth-order valence-corrected chi connectivity index (χ4v) is 1.38. The van der Waals surface area contributed by atoms with Crippen molar-refractivity contribution in [3.05, 3.63) is 0 Å². The van der Waals surface area contributed by atoms with Crippen molar-refractivity contribution >= 4 is 0 Å². The van der Waals surface area contributed by atoms with E-state index in [0.29, 0.717) is 0 Å². The Labute approximate surface area is 89.4 Å². The van der Waals surface area contributed by atoms with Crippen LogP contribution in [0.5, 0.6) is 0 Å². The van der Waals surface area contributed by atoms with Crippen molar-refractivity contribution in [2.24, 2.45) is 5.92 Å². The van der Waals surface area contributed by atoms with E-state index >= 15 is 0 Å². The molecule has 0 saturated carbocycles. The van der Waals surface area contributed by atoms with Crippen molar-refractivity contribution in [2.75, 3.05) is 20.3 Å². The van der Waals surface area contributed by atoms with E-state index in [1.165, 1.54) is 19.3 Å². The zero-order valence-electron chi connectivity index (χ0n) is 10.5. The summed E-state index contributed by atoms with van der Waals surface area (Å²) in [5, 5.41) is 3.50. The van der Waals surface area contributed by atoms with Gasteiger partial charge in [0.25, 0.3) is 0 Å². The molecule has 0 bridgehead atoms. The van der Waals surface area contributed by atoms with Crippen molar-refractivity contribution in [1.82, 2.24) is 5.32 Å². The van der Waals surface area contributed by atoms with Crippen molar-refractivity contribution in [3.8, 4) is 0 Å². The van der Waals surface area contributed by atoms with Crippen molar-refractivity contribution in [3.63, 3.8) is 0 Å². The second-order valence-corrected chi connectivity index (χ2v) is 5.21. The van der Waals surface area contributed by atoms with Crippen LogP contribution in [0.25, 0.3) is 0 Å². The topological polar surface area (TPSA) is 21.3 Å². The molecule has 2 heteroatoms. The van der Waals surface area contributed by atoms with E-state index in [2.05, 4.69) is 33.0 Å². The second kappa shape index (κ2) is 7.24. The number of nitrogens with one attached hydrogen (secondary N) is 1. The molecule has 1 N–H and O–H groups in total. The first kappa shape index (κ1) is 13.9. The van der Waals surface area contributed by atoms with Crippen LogP contribution < -0.4 is 5.32 Å². The third-order valence-electron chi connectivity index (χ3n) is 2.34. The van der Waals surface area contributed by atoms with Crippen molar-refractivity contribution in [2.45, 2.75) is 52.5 Å². The van der Waals surface area contributed by atoms with Crippen LogP contribution in [0.15, 0.2) is 0 Å². The van der Waals surface area contributed by atoms with Gasteiger partial charge in [0.2, 0.25) is 0 Å². The van der Waals surface area contributed by atoms with Crippen molar-refractivity contribution < 1.29 is 4.74 Å². The standard InChI is InChI=1S/C12H27NO/c1-11(8-10-14-5)7-6-9-13-12(2,3)4/h11,13H,6-10H2,1-5H3. The molecule has 0 aromatic rings. The number of hydrogen-bond acceptors (Lipinski definition) is 2. The van der Waals surface area contributed by atoms with Crippen LogP contribution in [0.3, 0.4) is 0 Å². The normalized spacial score (nSPS) is 14.4. The van der Waals surface area contributed by atoms with Gasteiger partial charge in [0.15, 0.2) is 0 Å². The molecule has 0 aliphatic heterocycles. The maximum Gasteiger partial charge on any atom is 0.0464 e. The molecule has 0 saturated heterocycles.